The molecule has 0 radical (unpaired) electrons. The summed E-state index contributed by atoms with van der Waals surface area (Å²) in [6.45, 7) is 1.20. The summed E-state index contributed by atoms with van der Waals surface area (Å²) >= 11 is 0. The van der Waals surface area contributed by atoms with Crippen LogP contribution < -0.4 is 5.32 Å². The average molecular weight is 497 g/mol. The van der Waals surface area contributed by atoms with Gasteiger partial charge in [0.25, 0.3) is 0 Å². The summed E-state index contributed by atoms with van der Waals surface area (Å²) in [5.41, 5.74) is -1.90. The maximum absolute atomic E-state index is 13.3. The molecular weight excluding hydrogens is 476 g/mol. The van der Waals surface area contributed by atoms with Gasteiger partial charge in [0.2, 0.25) is 11.7 Å². The minimum Gasteiger partial charge on any atom is -0.465 e. The number of nitrogens with zero attached hydrogens (tertiary/aromatic N) is 4. The van der Waals surface area contributed by atoms with Gasteiger partial charge in [-0.25, -0.2) is 14.8 Å². The molecule has 0 aliphatic carbocycles. The van der Waals surface area contributed by atoms with Gasteiger partial charge in [-0.15, -0.1) is 0 Å². The highest BCUT2D eigenvalue weighted by Crippen LogP contribution is 2.37. The molecule has 2 amide bonds. The van der Waals surface area contributed by atoms with Crippen LogP contribution in [0.25, 0.3) is 0 Å². The van der Waals surface area contributed by atoms with Crippen LogP contribution in [0.15, 0.2) is 11.6 Å². The highest BCUT2D eigenvalue weighted by Gasteiger charge is 2.44. The number of aliphatic hydroxyl groups is 1. The largest absolute Gasteiger partial charge is 0.465 e. The lowest BCUT2D eigenvalue weighted by Gasteiger charge is -2.35. The number of hydrogen-bond donors (Lipinski definition) is 3. The molecule has 0 spiro atoms. The van der Waals surface area contributed by atoms with Crippen LogP contribution in [0.2, 0.25) is 0 Å². The molecule has 2 atom stereocenters. The molecule has 0 fully saturated rings. The maximum atomic E-state index is 13.3. The number of rotatable bonds is 6. The van der Waals surface area contributed by atoms with Crippen molar-refractivity contribution in [3.63, 3.8) is 0 Å². The zero-order chi connectivity index (χ0) is 25.4. The highest BCUT2D eigenvalue weighted by molar-refractivity contribution is 5.91. The van der Waals surface area contributed by atoms with Crippen molar-refractivity contribution in [2.75, 3.05) is 19.6 Å². The van der Waals surface area contributed by atoms with E-state index in [0.29, 0.717) is 0 Å². The van der Waals surface area contributed by atoms with Gasteiger partial charge < -0.3 is 20.4 Å². The number of carboxylic acid groups (broad SMARTS) is 1. The first-order valence-electron chi connectivity index (χ1n) is 10.1. The standard InChI is InChI=1S/C19H21F6N5O4/c1-9-4-13(31)30(6-9)7-10(26-17(33)34)5-14(32)29-3-2-11-12(8-29)27-16(19(23,24)25)28-15(11)18(20,21)22/h4,10,14,26,32H,2-3,5-8H2,1H3,(H,33,34)/t10-,14?/m0/s1. The summed E-state index contributed by atoms with van der Waals surface area (Å²) in [4.78, 5) is 31.6. The number of nitrogens with one attached hydrogen (secondary N) is 1. The molecule has 34 heavy (non-hydrogen) atoms. The molecular formula is C19H21F6N5O4. The van der Waals surface area contributed by atoms with Gasteiger partial charge in [0.1, 0.15) is 6.23 Å². The van der Waals surface area contributed by atoms with E-state index in [0.717, 1.165) is 5.57 Å². The lowest BCUT2D eigenvalue weighted by Crippen LogP contribution is -2.49. The maximum Gasteiger partial charge on any atom is 0.451 e. The van der Waals surface area contributed by atoms with Crippen LogP contribution >= 0.6 is 0 Å². The summed E-state index contributed by atoms with van der Waals surface area (Å²) in [6, 6.07) is -0.945. The minimum absolute atomic E-state index is 0.0843. The van der Waals surface area contributed by atoms with Crippen LogP contribution in [0.5, 0.6) is 0 Å². The van der Waals surface area contributed by atoms with E-state index in [1.165, 1.54) is 15.9 Å². The zero-order valence-corrected chi connectivity index (χ0v) is 17.7. The number of hydrogen-bond acceptors (Lipinski definition) is 6. The first-order valence-corrected chi connectivity index (χ1v) is 10.1. The van der Waals surface area contributed by atoms with E-state index in [9.17, 15) is 41.0 Å². The van der Waals surface area contributed by atoms with Crippen molar-refractivity contribution < 1.29 is 46.1 Å². The van der Waals surface area contributed by atoms with Gasteiger partial charge in [-0.1, -0.05) is 0 Å². The monoisotopic (exact) mass is 497 g/mol. The fraction of sp³-hybridized carbons (Fsp3) is 0.579. The number of amides is 2. The molecule has 1 aromatic heterocycles. The van der Waals surface area contributed by atoms with Gasteiger partial charge in [0, 0.05) is 44.2 Å². The topological polar surface area (TPSA) is 119 Å². The Morgan fingerprint density at radius 1 is 1.18 bits per heavy atom. The Bertz CT molecular complexity index is 997. The first-order chi connectivity index (χ1) is 15.6. The Labute approximate surface area is 189 Å². The molecule has 2 aliphatic heterocycles. The summed E-state index contributed by atoms with van der Waals surface area (Å²) in [5, 5.41) is 21.9. The number of fused-ring (bicyclic) bond motifs is 1. The summed E-state index contributed by atoms with van der Waals surface area (Å²) in [7, 11) is 0. The van der Waals surface area contributed by atoms with Crippen LogP contribution in [0.1, 0.15) is 36.1 Å². The number of halogens is 6. The number of carbonyl (C=O) groups excluding carboxylic acids is 1. The highest BCUT2D eigenvalue weighted by atomic mass is 19.4. The van der Waals surface area contributed by atoms with E-state index in [-0.39, 0.29) is 38.4 Å². The Morgan fingerprint density at radius 3 is 2.38 bits per heavy atom. The van der Waals surface area contributed by atoms with E-state index in [2.05, 4.69) is 15.3 Å². The van der Waals surface area contributed by atoms with Crippen molar-refractivity contribution >= 4 is 12.0 Å². The second kappa shape index (κ2) is 9.37. The lowest BCUT2D eigenvalue weighted by atomic mass is 10.0. The third kappa shape index (κ3) is 5.94. The number of alkyl halides is 6. The molecule has 9 nitrogen and oxygen atoms in total. The van der Waals surface area contributed by atoms with Crippen molar-refractivity contribution in [3.8, 4) is 0 Å². The molecule has 3 N–H and O–H groups in total. The molecule has 1 unspecified atom stereocenters. The van der Waals surface area contributed by atoms with Crippen molar-refractivity contribution in [2.24, 2.45) is 0 Å². The van der Waals surface area contributed by atoms with Gasteiger partial charge in [-0.3, -0.25) is 9.69 Å². The fourth-order valence-corrected chi connectivity index (χ4v) is 3.97. The van der Waals surface area contributed by atoms with E-state index in [1.807, 2.05) is 0 Å². The third-order valence-electron chi connectivity index (χ3n) is 5.42. The van der Waals surface area contributed by atoms with Crippen molar-refractivity contribution in [1.29, 1.82) is 0 Å². The summed E-state index contributed by atoms with van der Waals surface area (Å²) < 4.78 is 79.2. The Hall–Kier alpha value is -2.94. The van der Waals surface area contributed by atoms with Crippen LogP contribution in [0.4, 0.5) is 31.1 Å². The Balaban J connectivity index is 1.79. The lowest BCUT2D eigenvalue weighted by molar-refractivity contribution is -0.153. The predicted octanol–water partition coefficient (Wildman–Crippen LogP) is 2.01. The molecule has 3 heterocycles. The second-order valence-electron chi connectivity index (χ2n) is 8.11. The quantitative estimate of drug-likeness (QED) is 0.515. The molecule has 0 bridgehead atoms. The first kappa shape index (κ1) is 25.7. The van der Waals surface area contributed by atoms with E-state index >= 15 is 0 Å². The SMILES string of the molecule is CC1=CC(=O)N(C[C@H](CC(O)N2CCc3c(nc(C(F)(F)F)nc3C(F)(F)F)C2)NC(=O)O)C1. The summed E-state index contributed by atoms with van der Waals surface area (Å²) in [5.74, 6) is -2.28. The van der Waals surface area contributed by atoms with Gasteiger partial charge in [0.05, 0.1) is 11.7 Å². The smallest absolute Gasteiger partial charge is 0.451 e. The van der Waals surface area contributed by atoms with E-state index < -0.39 is 60.0 Å². The van der Waals surface area contributed by atoms with Crippen LogP contribution in [-0.4, -0.2) is 73.9 Å². The van der Waals surface area contributed by atoms with Gasteiger partial charge in [-0.2, -0.15) is 26.3 Å². The molecule has 15 heteroatoms. The molecule has 0 saturated carbocycles. The fourth-order valence-electron chi connectivity index (χ4n) is 3.97. The second-order valence-corrected chi connectivity index (χ2v) is 8.11. The molecule has 2 aliphatic rings. The Kier molecular flexibility index (Phi) is 7.07. The van der Waals surface area contributed by atoms with Crippen molar-refractivity contribution in [2.45, 2.75) is 50.9 Å². The number of aromatic nitrogens is 2. The molecule has 3 rings (SSSR count). The Morgan fingerprint density at radius 2 is 1.85 bits per heavy atom. The van der Waals surface area contributed by atoms with Gasteiger partial charge >= 0.3 is 18.4 Å². The van der Waals surface area contributed by atoms with Crippen molar-refractivity contribution in [1.82, 2.24) is 25.1 Å². The molecule has 1 aromatic rings. The summed E-state index contributed by atoms with van der Waals surface area (Å²) in [6.07, 6.45) is -12.4. The normalized spacial score (nSPS) is 19.0. The van der Waals surface area contributed by atoms with Crippen molar-refractivity contribution in [3.05, 3.63) is 34.4 Å². The average Bonchev–Trinajstić information content (AvgIpc) is 3.01. The van der Waals surface area contributed by atoms with Gasteiger partial charge in [0.15, 0.2) is 5.69 Å². The van der Waals surface area contributed by atoms with Crippen LogP contribution in [0.3, 0.4) is 0 Å². The predicted molar refractivity (Wildman–Crippen MR) is 102 cm³/mol. The van der Waals surface area contributed by atoms with Crippen LogP contribution in [-0.2, 0) is 30.1 Å². The number of aliphatic hydroxyl groups excluding tert-OH is 1. The van der Waals surface area contributed by atoms with E-state index in [1.54, 1.807) is 6.92 Å². The third-order valence-corrected chi connectivity index (χ3v) is 5.42. The van der Waals surface area contributed by atoms with E-state index in [4.69, 9.17) is 5.11 Å². The molecule has 0 aromatic carbocycles. The molecule has 0 saturated heterocycles. The molecule has 188 valence electrons. The van der Waals surface area contributed by atoms with Crippen LogP contribution in [0, 0.1) is 0 Å². The number of carbonyl (C=O) groups is 2. The van der Waals surface area contributed by atoms with Gasteiger partial charge in [-0.05, 0) is 18.9 Å². The zero-order valence-electron chi connectivity index (χ0n) is 17.7. The minimum atomic E-state index is -5.21.